The van der Waals surface area contributed by atoms with E-state index < -0.39 is 35.7 Å². The summed E-state index contributed by atoms with van der Waals surface area (Å²) in [5.41, 5.74) is 0.299. The third-order valence-corrected chi connectivity index (χ3v) is 3.29. The molecule has 0 aromatic heterocycles. The molecule has 1 aromatic rings. The number of benzene rings is 1. The Bertz CT molecular complexity index is 577. The maximum absolute atomic E-state index is 13.7. The van der Waals surface area contributed by atoms with E-state index in [-0.39, 0.29) is 6.42 Å². The third kappa shape index (κ3) is 5.69. The minimum Gasteiger partial charge on any atom is -0.467 e. The lowest BCUT2D eigenvalue weighted by Gasteiger charge is -2.21. The second-order valence-corrected chi connectivity index (χ2v) is 5.04. The van der Waals surface area contributed by atoms with Gasteiger partial charge in [-0.05, 0) is 18.1 Å². The number of halogens is 1. The zero-order valence-electron chi connectivity index (χ0n) is 13.4. The van der Waals surface area contributed by atoms with Gasteiger partial charge in [-0.25, -0.2) is 9.18 Å². The highest BCUT2D eigenvalue weighted by atomic mass is 19.1. The highest BCUT2D eigenvalue weighted by Crippen LogP contribution is 2.10. The minimum atomic E-state index is -0.983. The van der Waals surface area contributed by atoms with E-state index in [2.05, 4.69) is 15.4 Å². The molecule has 0 fully saturated rings. The van der Waals surface area contributed by atoms with Crippen molar-refractivity contribution in [3.63, 3.8) is 0 Å². The Morgan fingerprint density at radius 2 is 1.83 bits per heavy atom. The van der Waals surface area contributed by atoms with Crippen molar-refractivity contribution in [3.05, 3.63) is 35.6 Å². The molecular weight excluding hydrogens is 303 g/mol. The normalized spacial score (nSPS) is 12.9. The summed E-state index contributed by atoms with van der Waals surface area (Å²) in [7, 11) is 1.22. The van der Waals surface area contributed by atoms with Crippen LogP contribution in [0.15, 0.2) is 24.3 Å². The maximum atomic E-state index is 13.7. The Labute approximate surface area is 134 Å². The molecule has 7 heteroatoms. The van der Waals surface area contributed by atoms with Gasteiger partial charge in [-0.1, -0.05) is 25.1 Å². The van der Waals surface area contributed by atoms with E-state index in [0.717, 1.165) is 0 Å². The Hall–Kier alpha value is -2.44. The molecule has 1 aromatic carbocycles. The van der Waals surface area contributed by atoms with Gasteiger partial charge in [0.15, 0.2) is 0 Å². The van der Waals surface area contributed by atoms with Crippen LogP contribution in [0.4, 0.5) is 4.39 Å². The summed E-state index contributed by atoms with van der Waals surface area (Å²) in [6.07, 6.45) is 0.320. The number of carbonyl (C=O) groups excluding carboxylic acids is 3. The van der Waals surface area contributed by atoms with Crippen LogP contribution >= 0.6 is 0 Å². The van der Waals surface area contributed by atoms with Crippen molar-refractivity contribution in [2.75, 3.05) is 7.11 Å². The Kier molecular flexibility index (Phi) is 7.18. The molecule has 0 bridgehead atoms. The molecular formula is C16H21FN2O4. The first-order valence-corrected chi connectivity index (χ1v) is 7.27. The van der Waals surface area contributed by atoms with Gasteiger partial charge in [-0.15, -0.1) is 0 Å². The maximum Gasteiger partial charge on any atom is 0.328 e. The van der Waals surface area contributed by atoms with Crippen molar-refractivity contribution in [2.45, 2.75) is 38.8 Å². The summed E-state index contributed by atoms with van der Waals surface area (Å²) in [5.74, 6) is -2.03. The number of hydrogen-bond acceptors (Lipinski definition) is 4. The molecule has 0 heterocycles. The van der Waals surface area contributed by atoms with Gasteiger partial charge in [0.25, 0.3) is 0 Å². The Morgan fingerprint density at radius 3 is 2.35 bits per heavy atom. The van der Waals surface area contributed by atoms with Crippen LogP contribution in [-0.4, -0.2) is 37.0 Å². The van der Waals surface area contributed by atoms with E-state index >= 15 is 0 Å². The number of ether oxygens (including phenoxy) is 1. The predicted octanol–water partition coefficient (Wildman–Crippen LogP) is 0.941. The summed E-state index contributed by atoms with van der Waals surface area (Å²) in [4.78, 5) is 35.2. The fourth-order valence-electron chi connectivity index (χ4n) is 2.08. The number of rotatable bonds is 7. The largest absolute Gasteiger partial charge is 0.467 e. The third-order valence-electron chi connectivity index (χ3n) is 3.29. The lowest BCUT2D eigenvalue weighted by Crippen LogP contribution is -2.52. The van der Waals surface area contributed by atoms with E-state index in [1.54, 1.807) is 13.0 Å². The second kappa shape index (κ2) is 8.87. The standard InChI is InChI=1S/C16H21FN2O4/c1-4-13(16(22)23-3)19-15(21)14(18-10(2)20)9-11-7-5-6-8-12(11)17/h5-8,13-14H,4,9H2,1-3H3,(H,18,20)(H,19,21)/t13-,14+/m0/s1. The molecule has 2 atom stereocenters. The molecule has 126 valence electrons. The lowest BCUT2D eigenvalue weighted by molar-refractivity contribution is -0.145. The highest BCUT2D eigenvalue weighted by Gasteiger charge is 2.26. The van der Waals surface area contributed by atoms with Crippen molar-refractivity contribution in [1.82, 2.24) is 10.6 Å². The predicted molar refractivity (Wildman–Crippen MR) is 81.9 cm³/mol. The molecule has 23 heavy (non-hydrogen) atoms. The summed E-state index contributed by atoms with van der Waals surface area (Å²) in [6, 6.07) is 4.20. The van der Waals surface area contributed by atoms with Crippen molar-refractivity contribution in [2.24, 2.45) is 0 Å². The van der Waals surface area contributed by atoms with E-state index in [1.807, 2.05) is 0 Å². The first-order chi connectivity index (χ1) is 10.9. The molecule has 1 rings (SSSR count). The van der Waals surface area contributed by atoms with Gasteiger partial charge in [0.2, 0.25) is 11.8 Å². The van der Waals surface area contributed by atoms with E-state index in [1.165, 1.54) is 32.2 Å². The van der Waals surface area contributed by atoms with Crippen LogP contribution in [0.25, 0.3) is 0 Å². The Balaban J connectivity index is 2.88. The van der Waals surface area contributed by atoms with Crippen LogP contribution in [0.3, 0.4) is 0 Å². The molecule has 0 aliphatic heterocycles. The molecule has 2 N–H and O–H groups in total. The van der Waals surface area contributed by atoms with Gasteiger partial charge in [0, 0.05) is 13.3 Å². The summed E-state index contributed by atoms with van der Waals surface area (Å²) < 4.78 is 18.3. The average Bonchev–Trinajstić information content (AvgIpc) is 2.52. The van der Waals surface area contributed by atoms with Crippen molar-refractivity contribution in [3.8, 4) is 0 Å². The topological polar surface area (TPSA) is 84.5 Å². The van der Waals surface area contributed by atoms with E-state index in [9.17, 15) is 18.8 Å². The van der Waals surface area contributed by atoms with Crippen LogP contribution in [0.2, 0.25) is 0 Å². The van der Waals surface area contributed by atoms with Crippen molar-refractivity contribution >= 4 is 17.8 Å². The highest BCUT2D eigenvalue weighted by molar-refractivity contribution is 5.90. The number of methoxy groups -OCH3 is 1. The Morgan fingerprint density at radius 1 is 1.17 bits per heavy atom. The van der Waals surface area contributed by atoms with Crippen molar-refractivity contribution in [1.29, 1.82) is 0 Å². The monoisotopic (exact) mass is 324 g/mol. The van der Waals surface area contributed by atoms with Gasteiger partial charge >= 0.3 is 5.97 Å². The quantitative estimate of drug-likeness (QED) is 0.731. The van der Waals surface area contributed by atoms with Gasteiger partial charge in [0.1, 0.15) is 17.9 Å². The molecule has 0 aliphatic rings. The fraction of sp³-hybridized carbons (Fsp3) is 0.438. The molecule has 0 unspecified atom stereocenters. The molecule has 0 radical (unpaired) electrons. The first-order valence-electron chi connectivity index (χ1n) is 7.27. The summed E-state index contributed by atoms with van der Waals surface area (Å²) in [6.45, 7) is 2.98. The van der Waals surface area contributed by atoms with Crippen LogP contribution in [-0.2, 0) is 25.5 Å². The number of carbonyl (C=O) groups is 3. The van der Waals surface area contributed by atoms with Gasteiger partial charge < -0.3 is 15.4 Å². The summed E-state index contributed by atoms with van der Waals surface area (Å²) >= 11 is 0. The van der Waals surface area contributed by atoms with Gasteiger partial charge in [-0.3, -0.25) is 9.59 Å². The molecule has 0 spiro atoms. The van der Waals surface area contributed by atoms with Crippen LogP contribution in [0.5, 0.6) is 0 Å². The molecule has 0 saturated carbocycles. The number of hydrogen-bond donors (Lipinski definition) is 2. The fourth-order valence-corrected chi connectivity index (χ4v) is 2.08. The zero-order chi connectivity index (χ0) is 17.4. The second-order valence-electron chi connectivity index (χ2n) is 5.04. The van der Waals surface area contributed by atoms with Crippen LogP contribution in [0.1, 0.15) is 25.8 Å². The summed E-state index contributed by atoms with van der Waals surface area (Å²) in [5, 5.41) is 4.98. The number of esters is 1. The minimum absolute atomic E-state index is 0.0182. The van der Waals surface area contributed by atoms with Crippen LogP contribution < -0.4 is 10.6 Å². The van der Waals surface area contributed by atoms with E-state index in [0.29, 0.717) is 12.0 Å². The molecule has 0 aliphatic carbocycles. The molecule has 2 amide bonds. The smallest absolute Gasteiger partial charge is 0.328 e. The van der Waals surface area contributed by atoms with Crippen LogP contribution in [0, 0.1) is 5.82 Å². The van der Waals surface area contributed by atoms with Gasteiger partial charge in [-0.2, -0.15) is 0 Å². The van der Waals surface area contributed by atoms with E-state index in [4.69, 9.17) is 0 Å². The van der Waals surface area contributed by atoms with Gasteiger partial charge in [0.05, 0.1) is 7.11 Å². The average molecular weight is 324 g/mol. The molecule has 0 saturated heterocycles. The SMILES string of the molecule is CC[C@H](NC(=O)[C@@H](Cc1ccccc1F)NC(C)=O)C(=O)OC. The zero-order valence-corrected chi connectivity index (χ0v) is 13.4. The first kappa shape index (κ1) is 18.6. The number of amides is 2. The lowest BCUT2D eigenvalue weighted by atomic mass is 10.0. The molecule has 6 nitrogen and oxygen atoms in total. The van der Waals surface area contributed by atoms with Crippen molar-refractivity contribution < 1.29 is 23.5 Å². The number of nitrogens with one attached hydrogen (secondary N) is 2.